The van der Waals surface area contributed by atoms with Gasteiger partial charge in [0.1, 0.15) is 12.2 Å². The van der Waals surface area contributed by atoms with Gasteiger partial charge in [-0.3, -0.25) is 14.8 Å². The molecule has 0 bridgehead atoms. The minimum absolute atomic E-state index is 0.449. The number of likely N-dealkylation sites (tertiary alicyclic amines) is 1. The Bertz CT molecular complexity index is 653. The van der Waals surface area contributed by atoms with Gasteiger partial charge in [0.05, 0.1) is 6.54 Å². The number of pyridine rings is 1. The van der Waals surface area contributed by atoms with E-state index in [1.54, 1.807) is 6.33 Å². The average Bonchev–Trinajstić information content (AvgIpc) is 3.14. The summed E-state index contributed by atoms with van der Waals surface area (Å²) in [7, 11) is 4.41. The van der Waals surface area contributed by atoms with Crippen LogP contribution in [0.15, 0.2) is 30.9 Å². The van der Waals surface area contributed by atoms with Gasteiger partial charge >= 0.3 is 0 Å². The Hall–Kier alpha value is -1.79. The number of hydrogen-bond donors (Lipinski definition) is 0. The van der Waals surface area contributed by atoms with Crippen molar-refractivity contribution in [2.45, 2.75) is 39.4 Å². The molecule has 2 atom stereocenters. The highest BCUT2D eigenvalue weighted by Gasteiger charge is 2.33. The first-order valence-electron chi connectivity index (χ1n) is 9.20. The Morgan fingerprint density at radius 3 is 2.92 bits per heavy atom. The maximum absolute atomic E-state index is 4.47. The largest absolute Gasteiger partial charge is 0.299 e. The lowest BCUT2D eigenvalue weighted by Crippen LogP contribution is -2.31. The lowest BCUT2D eigenvalue weighted by Gasteiger charge is -2.28. The van der Waals surface area contributed by atoms with Crippen LogP contribution < -0.4 is 0 Å². The van der Waals surface area contributed by atoms with Crippen LogP contribution in [0.25, 0.3) is 0 Å². The molecule has 0 unspecified atom stereocenters. The zero-order chi connectivity index (χ0) is 17.8. The maximum atomic E-state index is 4.47. The Balaban J connectivity index is 1.64. The van der Waals surface area contributed by atoms with E-state index in [1.807, 2.05) is 23.1 Å². The van der Waals surface area contributed by atoms with E-state index < -0.39 is 0 Å². The first-order valence-corrected chi connectivity index (χ1v) is 9.20. The van der Waals surface area contributed by atoms with E-state index in [0.717, 1.165) is 32.0 Å². The summed E-state index contributed by atoms with van der Waals surface area (Å²) < 4.78 is 2.04. The first-order chi connectivity index (χ1) is 12.0. The van der Waals surface area contributed by atoms with Crippen LogP contribution in [0.2, 0.25) is 0 Å². The van der Waals surface area contributed by atoms with Crippen molar-refractivity contribution in [1.82, 2.24) is 29.5 Å². The molecular formula is C19H30N6. The van der Waals surface area contributed by atoms with Gasteiger partial charge in [-0.05, 0) is 50.5 Å². The molecule has 0 amide bonds. The molecule has 25 heavy (non-hydrogen) atoms. The molecule has 0 aliphatic carbocycles. The Morgan fingerprint density at radius 1 is 1.36 bits per heavy atom. The summed E-state index contributed by atoms with van der Waals surface area (Å²) in [5, 5.41) is 4.38. The molecule has 1 fully saturated rings. The van der Waals surface area contributed by atoms with Gasteiger partial charge in [0, 0.05) is 31.5 Å². The lowest BCUT2D eigenvalue weighted by molar-refractivity contribution is 0.208. The zero-order valence-electron chi connectivity index (χ0n) is 15.8. The third-order valence-corrected chi connectivity index (χ3v) is 4.99. The molecule has 0 saturated carbocycles. The molecule has 6 nitrogen and oxygen atoms in total. The highest BCUT2D eigenvalue weighted by molar-refractivity contribution is 5.17. The molecule has 2 aromatic heterocycles. The van der Waals surface area contributed by atoms with Crippen molar-refractivity contribution in [3.05, 3.63) is 42.2 Å². The molecular weight excluding hydrogens is 312 g/mol. The minimum Gasteiger partial charge on any atom is -0.299 e. The second kappa shape index (κ2) is 8.06. The van der Waals surface area contributed by atoms with E-state index in [0.29, 0.717) is 17.9 Å². The molecule has 0 radical (unpaired) electrons. The summed E-state index contributed by atoms with van der Waals surface area (Å²) in [6.45, 7) is 8.38. The van der Waals surface area contributed by atoms with Crippen LogP contribution in [0, 0.1) is 11.8 Å². The van der Waals surface area contributed by atoms with Gasteiger partial charge in [-0.15, -0.1) is 0 Å². The minimum atomic E-state index is 0.449. The topological polar surface area (TPSA) is 50.1 Å². The van der Waals surface area contributed by atoms with E-state index in [9.17, 15) is 0 Å². The van der Waals surface area contributed by atoms with Gasteiger partial charge in [0.15, 0.2) is 0 Å². The van der Waals surface area contributed by atoms with Crippen LogP contribution >= 0.6 is 0 Å². The predicted octanol–water partition coefficient (Wildman–Crippen LogP) is 2.45. The van der Waals surface area contributed by atoms with Gasteiger partial charge < -0.3 is 0 Å². The normalized spacial score (nSPS) is 21.5. The molecule has 0 aromatic carbocycles. The SMILES string of the molecule is CC(C)Cn1ncnc1CN(C)C[C@@H]1CCN(C)[C@H]1c1cccnc1. The number of rotatable bonds is 7. The highest BCUT2D eigenvalue weighted by Crippen LogP contribution is 2.36. The van der Waals surface area contributed by atoms with E-state index in [1.165, 1.54) is 12.0 Å². The van der Waals surface area contributed by atoms with Gasteiger partial charge in [0.2, 0.25) is 0 Å². The number of hydrogen-bond acceptors (Lipinski definition) is 5. The fourth-order valence-corrected chi connectivity index (χ4v) is 3.91. The maximum Gasteiger partial charge on any atom is 0.141 e. The smallest absolute Gasteiger partial charge is 0.141 e. The quantitative estimate of drug-likeness (QED) is 0.774. The molecule has 1 aliphatic rings. The standard InChI is InChI=1S/C19H30N6/c1-15(2)11-25-18(21-14-22-25)13-23(3)12-17-7-9-24(4)19(17)16-6-5-8-20-10-16/h5-6,8,10,14-15,17,19H,7,9,11-13H2,1-4H3/t17-,19-/m0/s1. The van der Waals surface area contributed by atoms with Crippen molar-refractivity contribution in [3.8, 4) is 0 Å². The molecule has 3 heterocycles. The summed E-state index contributed by atoms with van der Waals surface area (Å²) in [6.07, 6.45) is 6.76. The van der Waals surface area contributed by atoms with Crippen molar-refractivity contribution in [3.63, 3.8) is 0 Å². The van der Waals surface area contributed by atoms with Crippen molar-refractivity contribution >= 4 is 0 Å². The number of nitrogens with zero attached hydrogens (tertiary/aromatic N) is 6. The predicted molar refractivity (Wildman–Crippen MR) is 98.9 cm³/mol. The van der Waals surface area contributed by atoms with Crippen LogP contribution in [0.5, 0.6) is 0 Å². The van der Waals surface area contributed by atoms with E-state index in [-0.39, 0.29) is 0 Å². The van der Waals surface area contributed by atoms with Crippen molar-refractivity contribution in [1.29, 1.82) is 0 Å². The van der Waals surface area contributed by atoms with Crippen LogP contribution in [-0.2, 0) is 13.1 Å². The van der Waals surface area contributed by atoms with Gasteiger partial charge in [-0.25, -0.2) is 9.67 Å². The summed E-state index contributed by atoms with van der Waals surface area (Å²) in [4.78, 5) is 13.6. The molecule has 136 valence electrons. The van der Waals surface area contributed by atoms with Crippen molar-refractivity contribution < 1.29 is 0 Å². The van der Waals surface area contributed by atoms with Crippen LogP contribution in [0.4, 0.5) is 0 Å². The Labute approximate surface area is 150 Å². The van der Waals surface area contributed by atoms with Crippen molar-refractivity contribution in [2.75, 3.05) is 27.2 Å². The zero-order valence-corrected chi connectivity index (χ0v) is 15.8. The molecule has 0 spiro atoms. The van der Waals surface area contributed by atoms with Crippen LogP contribution in [0.1, 0.15) is 37.7 Å². The number of aromatic nitrogens is 4. The summed E-state index contributed by atoms with van der Waals surface area (Å²) >= 11 is 0. The first kappa shape index (κ1) is 18.0. The fourth-order valence-electron chi connectivity index (χ4n) is 3.91. The summed E-state index contributed by atoms with van der Waals surface area (Å²) in [5.74, 6) is 2.24. The third-order valence-electron chi connectivity index (χ3n) is 4.99. The molecule has 1 saturated heterocycles. The fraction of sp³-hybridized carbons (Fsp3) is 0.632. The summed E-state index contributed by atoms with van der Waals surface area (Å²) in [5.41, 5.74) is 1.32. The highest BCUT2D eigenvalue weighted by atomic mass is 15.3. The monoisotopic (exact) mass is 342 g/mol. The van der Waals surface area contributed by atoms with Crippen LogP contribution in [0.3, 0.4) is 0 Å². The van der Waals surface area contributed by atoms with Crippen molar-refractivity contribution in [2.24, 2.45) is 11.8 Å². The average molecular weight is 342 g/mol. The second-order valence-electron chi connectivity index (χ2n) is 7.71. The Kier molecular flexibility index (Phi) is 5.81. The molecule has 0 N–H and O–H groups in total. The lowest BCUT2D eigenvalue weighted by atomic mass is 9.94. The van der Waals surface area contributed by atoms with E-state index >= 15 is 0 Å². The van der Waals surface area contributed by atoms with Gasteiger partial charge in [0.25, 0.3) is 0 Å². The molecule has 2 aromatic rings. The molecule has 1 aliphatic heterocycles. The van der Waals surface area contributed by atoms with Gasteiger partial charge in [-0.1, -0.05) is 19.9 Å². The van der Waals surface area contributed by atoms with E-state index in [4.69, 9.17) is 0 Å². The molecule has 6 heteroatoms. The van der Waals surface area contributed by atoms with Crippen LogP contribution in [-0.4, -0.2) is 56.7 Å². The summed E-state index contributed by atoms with van der Waals surface area (Å²) in [6, 6.07) is 4.69. The Morgan fingerprint density at radius 2 is 2.20 bits per heavy atom. The van der Waals surface area contributed by atoms with E-state index in [2.05, 4.69) is 58.9 Å². The third kappa shape index (κ3) is 4.44. The second-order valence-corrected chi connectivity index (χ2v) is 7.71. The van der Waals surface area contributed by atoms with Gasteiger partial charge in [-0.2, -0.15) is 5.10 Å². The molecule has 3 rings (SSSR count).